The molecule has 0 atom stereocenters. The monoisotopic (exact) mass is 306 g/mol. The molecular formula is C7H3BrF4Zn. The second-order valence-electron chi connectivity index (χ2n) is 1.94. The van der Waals surface area contributed by atoms with E-state index in [4.69, 9.17) is 0 Å². The van der Waals surface area contributed by atoms with Gasteiger partial charge in [-0.1, -0.05) is 5.56 Å². The Morgan fingerprint density at radius 3 is 2.08 bits per heavy atom. The molecule has 0 aromatic heterocycles. The van der Waals surface area contributed by atoms with Crippen LogP contribution in [0.5, 0.6) is 0 Å². The van der Waals surface area contributed by atoms with Gasteiger partial charge in [0.15, 0.2) is 0 Å². The van der Waals surface area contributed by atoms with Crippen molar-refractivity contribution in [2.24, 2.45) is 0 Å². The van der Waals surface area contributed by atoms with E-state index in [0.29, 0.717) is 12.1 Å². The Morgan fingerprint density at radius 1 is 1.23 bits per heavy atom. The zero-order chi connectivity index (χ0) is 10.5. The summed E-state index contributed by atoms with van der Waals surface area (Å²) in [7, 11) is 0. The molecule has 0 radical (unpaired) electrons. The molecule has 0 aliphatic rings. The summed E-state index contributed by atoms with van der Waals surface area (Å²) in [4.78, 5) is 0. The summed E-state index contributed by atoms with van der Waals surface area (Å²) in [5.74, 6) is -0.931. The van der Waals surface area contributed by atoms with Crippen molar-refractivity contribution in [2.75, 3.05) is 0 Å². The van der Waals surface area contributed by atoms with Crippen LogP contribution in [0.1, 0.15) is 5.56 Å². The van der Waals surface area contributed by atoms with Crippen molar-refractivity contribution in [2.45, 2.75) is 6.18 Å². The van der Waals surface area contributed by atoms with Gasteiger partial charge in [-0.2, -0.15) is 25.3 Å². The van der Waals surface area contributed by atoms with Crippen LogP contribution in [0.3, 0.4) is 0 Å². The normalized spacial score (nSPS) is 10.4. The molecule has 0 unspecified atom stereocenters. The Labute approximate surface area is 89.4 Å². The van der Waals surface area contributed by atoms with Gasteiger partial charge >= 0.3 is 36.1 Å². The Bertz CT molecular complexity index is 261. The zero-order valence-electron chi connectivity index (χ0n) is 6.33. The van der Waals surface area contributed by atoms with Gasteiger partial charge in [0.1, 0.15) is 0 Å². The minimum atomic E-state index is -4.49. The molecule has 0 saturated heterocycles. The van der Waals surface area contributed by atoms with Crippen LogP contribution in [0.15, 0.2) is 18.2 Å². The van der Waals surface area contributed by atoms with Crippen molar-refractivity contribution in [1.29, 1.82) is 0 Å². The topological polar surface area (TPSA) is 0 Å². The molecule has 0 aliphatic carbocycles. The molecule has 0 spiro atoms. The maximum absolute atomic E-state index is 12.2. The average Bonchev–Trinajstić information content (AvgIpc) is 2.06. The van der Waals surface area contributed by atoms with Crippen LogP contribution >= 0.6 is 13.6 Å². The van der Waals surface area contributed by atoms with Gasteiger partial charge in [0, 0.05) is 5.82 Å². The summed E-state index contributed by atoms with van der Waals surface area (Å²) in [6, 6.07) is 4.01. The second-order valence-corrected chi connectivity index (χ2v) is 1.94. The van der Waals surface area contributed by atoms with E-state index in [1.54, 1.807) is 0 Å². The second kappa shape index (κ2) is 5.71. The summed E-state index contributed by atoms with van der Waals surface area (Å²) in [6.07, 6.45) is -4.49. The summed E-state index contributed by atoms with van der Waals surface area (Å²) in [5, 5.41) is 0. The Balaban J connectivity index is 0.000000671. The SMILES string of the molecule is Fc1c[c-]cc(C(F)(F)F)c1.[Zn+][Br]. The zero-order valence-corrected chi connectivity index (χ0v) is 10.9. The van der Waals surface area contributed by atoms with Gasteiger partial charge in [-0.05, 0) is 0 Å². The summed E-state index contributed by atoms with van der Waals surface area (Å²) in [5.41, 5.74) is -1.02. The first-order chi connectivity index (χ1) is 6.00. The van der Waals surface area contributed by atoms with Crippen LogP contribution in [-0.4, -0.2) is 0 Å². The summed E-state index contributed by atoms with van der Waals surface area (Å²) >= 11 is 4.25. The molecule has 68 valence electrons. The quantitative estimate of drug-likeness (QED) is 0.391. The van der Waals surface area contributed by atoms with E-state index in [0.717, 1.165) is 6.07 Å². The van der Waals surface area contributed by atoms with Gasteiger partial charge in [-0.3, -0.25) is 4.39 Å². The van der Waals surface area contributed by atoms with Crippen LogP contribution in [0.2, 0.25) is 0 Å². The summed E-state index contributed by atoms with van der Waals surface area (Å²) < 4.78 is 47.5. The molecule has 0 nitrogen and oxygen atoms in total. The molecule has 0 aliphatic heterocycles. The van der Waals surface area contributed by atoms with Gasteiger partial charge in [0.2, 0.25) is 0 Å². The molecular weight excluding hydrogens is 305 g/mol. The molecule has 1 aromatic rings. The Kier molecular flexibility index (Phi) is 5.73. The number of halogens is 5. The van der Waals surface area contributed by atoms with Gasteiger partial charge in [-0.25, -0.2) is 0 Å². The van der Waals surface area contributed by atoms with Crippen molar-refractivity contribution in [3.05, 3.63) is 35.6 Å². The summed E-state index contributed by atoms with van der Waals surface area (Å²) in [6.45, 7) is 0. The number of rotatable bonds is 0. The van der Waals surface area contributed by atoms with E-state index in [1.807, 2.05) is 6.07 Å². The van der Waals surface area contributed by atoms with Gasteiger partial charge in [-0.15, -0.1) is 12.1 Å². The Hall–Kier alpha value is 0.0434. The first-order valence-corrected chi connectivity index (χ1v) is 9.95. The van der Waals surface area contributed by atoms with Crippen LogP contribution in [0.4, 0.5) is 17.6 Å². The fourth-order valence-electron chi connectivity index (χ4n) is 0.607. The predicted octanol–water partition coefficient (Wildman–Crippen LogP) is 3.49. The van der Waals surface area contributed by atoms with E-state index in [9.17, 15) is 17.6 Å². The van der Waals surface area contributed by atoms with Gasteiger partial charge < -0.3 is 0 Å². The predicted molar refractivity (Wildman–Crippen MR) is 39.2 cm³/mol. The van der Waals surface area contributed by atoms with Crippen LogP contribution < -0.4 is 0 Å². The molecule has 0 saturated carbocycles. The third kappa shape index (κ3) is 4.72. The van der Waals surface area contributed by atoms with Crippen molar-refractivity contribution in [1.82, 2.24) is 0 Å². The van der Waals surface area contributed by atoms with Crippen molar-refractivity contribution in [3.8, 4) is 0 Å². The molecule has 13 heavy (non-hydrogen) atoms. The number of hydrogen-bond donors (Lipinski definition) is 0. The van der Waals surface area contributed by atoms with E-state index in [1.165, 1.54) is 16.3 Å². The molecule has 1 rings (SSSR count). The molecule has 1 aromatic carbocycles. The standard InChI is InChI=1S/C7H3F4.BrH.Zn/c8-6-3-1-2-5(4-6)7(9,10)11;;/h2-4H;1H;/q-1;;+2/p-1. The van der Waals surface area contributed by atoms with Gasteiger partial charge in [0.25, 0.3) is 0 Å². The maximum atomic E-state index is 12.2. The molecule has 0 fully saturated rings. The molecule has 0 bridgehead atoms. The van der Waals surface area contributed by atoms with Crippen LogP contribution in [0, 0.1) is 11.9 Å². The molecule has 0 heterocycles. The number of alkyl halides is 3. The van der Waals surface area contributed by atoms with E-state index in [2.05, 4.69) is 13.6 Å². The van der Waals surface area contributed by atoms with Crippen molar-refractivity contribution >= 4 is 13.6 Å². The minimum absolute atomic E-state index is 0.427. The first kappa shape index (κ1) is 13.0. The van der Waals surface area contributed by atoms with Crippen molar-refractivity contribution < 1.29 is 33.9 Å². The molecule has 0 amide bonds. The number of hydrogen-bond acceptors (Lipinski definition) is 0. The first-order valence-electron chi connectivity index (χ1n) is 3.01. The van der Waals surface area contributed by atoms with Crippen LogP contribution in [0.25, 0.3) is 0 Å². The van der Waals surface area contributed by atoms with E-state index in [-0.39, 0.29) is 0 Å². The van der Waals surface area contributed by atoms with Gasteiger partial charge in [0.05, 0.1) is 0 Å². The molecule has 0 N–H and O–H groups in total. The fraction of sp³-hybridized carbons (Fsp3) is 0.143. The van der Waals surface area contributed by atoms with Crippen LogP contribution in [-0.2, 0) is 22.5 Å². The number of benzene rings is 1. The third-order valence-corrected chi connectivity index (χ3v) is 1.08. The Morgan fingerprint density at radius 2 is 1.77 bits per heavy atom. The van der Waals surface area contributed by atoms with E-state index >= 15 is 0 Å². The van der Waals surface area contributed by atoms with Crippen molar-refractivity contribution in [3.63, 3.8) is 0 Å². The third-order valence-electron chi connectivity index (χ3n) is 1.08. The van der Waals surface area contributed by atoms with E-state index < -0.39 is 17.6 Å². The average molecular weight is 308 g/mol. The molecule has 6 heteroatoms. The fourth-order valence-corrected chi connectivity index (χ4v) is 0.607.